The largest absolute Gasteiger partial charge is 0.257 e. The fourth-order valence-corrected chi connectivity index (χ4v) is 7.73. The molecule has 2 atom stereocenters. The number of rotatable bonds is 37. The Morgan fingerprint density at radius 3 is 1.09 bits per heavy atom. The van der Waals surface area contributed by atoms with Gasteiger partial charge in [0.2, 0.25) is 0 Å². The zero-order valence-electron chi connectivity index (χ0n) is 32.5. The van der Waals surface area contributed by atoms with Gasteiger partial charge in [-0.05, 0) is 32.6 Å². The van der Waals surface area contributed by atoms with Crippen LogP contribution in [0.4, 0.5) is 0 Å². The molecule has 0 bridgehead atoms. The topological polar surface area (TPSA) is 19.7 Å². The van der Waals surface area contributed by atoms with Crippen molar-refractivity contribution < 1.29 is 4.57 Å². The van der Waals surface area contributed by atoms with Crippen molar-refractivity contribution in [1.29, 1.82) is 0 Å². The van der Waals surface area contributed by atoms with Gasteiger partial charge in [0.25, 0.3) is 5.82 Å². The minimum absolute atomic E-state index is 0.619. The Kier molecular flexibility index (Phi) is 32.0. The minimum atomic E-state index is 0.619. The summed E-state index contributed by atoms with van der Waals surface area (Å²) in [5.41, 5.74) is 0. The van der Waals surface area contributed by atoms with Crippen molar-refractivity contribution in [2.45, 2.75) is 264 Å². The van der Waals surface area contributed by atoms with E-state index >= 15 is 0 Å². The third kappa shape index (κ3) is 25.3. The molecular formula is C44H87N2+. The van der Waals surface area contributed by atoms with Crippen LogP contribution in [-0.2, 0) is 0 Å². The van der Waals surface area contributed by atoms with Gasteiger partial charge in [-0.3, -0.25) is 0 Å². The van der Waals surface area contributed by atoms with E-state index in [1.807, 2.05) is 0 Å². The van der Waals surface area contributed by atoms with Gasteiger partial charge < -0.3 is 0 Å². The zero-order valence-corrected chi connectivity index (χ0v) is 32.5. The van der Waals surface area contributed by atoms with Crippen molar-refractivity contribution in [2.24, 2.45) is 0 Å². The molecule has 2 nitrogen and oxygen atoms in total. The van der Waals surface area contributed by atoms with Crippen LogP contribution in [0.2, 0.25) is 0 Å². The van der Waals surface area contributed by atoms with Crippen molar-refractivity contribution in [3.05, 3.63) is 18.2 Å². The van der Waals surface area contributed by atoms with Crippen LogP contribution >= 0.6 is 0 Å². The van der Waals surface area contributed by atoms with Crippen LogP contribution in [-0.4, -0.2) is 4.98 Å². The fraction of sp³-hybridized carbons (Fsp3) is 0.932. The van der Waals surface area contributed by atoms with E-state index in [-0.39, 0.29) is 0 Å². The average molecular weight is 644 g/mol. The number of nitrogens with zero attached hydrogens (tertiary/aromatic N) is 1. The summed E-state index contributed by atoms with van der Waals surface area (Å²) in [6.45, 7) is 9.44. The Morgan fingerprint density at radius 2 is 0.739 bits per heavy atom. The molecule has 0 aliphatic carbocycles. The second-order valence-electron chi connectivity index (χ2n) is 15.4. The molecule has 2 unspecified atom stereocenters. The van der Waals surface area contributed by atoms with Gasteiger partial charge in [-0.1, -0.05) is 220 Å². The molecule has 0 aliphatic heterocycles. The number of hydrogen-bond donors (Lipinski definition) is 1. The second kappa shape index (κ2) is 34.1. The number of H-pyrrole nitrogens is 1. The molecule has 46 heavy (non-hydrogen) atoms. The van der Waals surface area contributed by atoms with E-state index in [0.717, 1.165) is 0 Å². The molecule has 0 amide bonds. The molecule has 1 N–H and O–H groups in total. The van der Waals surface area contributed by atoms with Gasteiger partial charge in [0.1, 0.15) is 12.4 Å². The van der Waals surface area contributed by atoms with E-state index in [0.29, 0.717) is 12.0 Å². The van der Waals surface area contributed by atoms with Crippen molar-refractivity contribution in [2.75, 3.05) is 0 Å². The highest BCUT2D eigenvalue weighted by Crippen LogP contribution is 2.26. The standard InChI is InChI=1S/C44H86N2/c1-5-8-10-12-14-16-18-20-22-24-26-28-30-32-34-36-39-43(37-7-3)44-45-40-41-46(44)42(4)38-35-33-31-29-27-25-23-21-19-17-15-13-11-9-6-2/h40-43H,5-39H2,1-4H3/p+1. The Balaban J connectivity index is 2.07. The summed E-state index contributed by atoms with van der Waals surface area (Å²) in [5.74, 6) is 2.21. The Bertz CT molecular complexity index is 709. The highest BCUT2D eigenvalue weighted by molar-refractivity contribution is 4.90. The molecule has 1 rings (SSSR count). The summed E-state index contributed by atoms with van der Waals surface area (Å²) in [6, 6.07) is 0.619. The van der Waals surface area contributed by atoms with Crippen molar-refractivity contribution in [3.8, 4) is 0 Å². The molecule has 0 radical (unpaired) electrons. The quantitative estimate of drug-likeness (QED) is 0.0550. The van der Waals surface area contributed by atoms with Gasteiger partial charge in [-0.2, -0.15) is 0 Å². The maximum Gasteiger partial charge on any atom is 0.257 e. The summed E-state index contributed by atoms with van der Waals surface area (Å²) in [5, 5.41) is 0. The normalized spacial score (nSPS) is 13.0. The van der Waals surface area contributed by atoms with Gasteiger partial charge in [-0.15, -0.1) is 0 Å². The molecular weight excluding hydrogens is 556 g/mol. The highest BCUT2D eigenvalue weighted by atomic mass is 15.1. The van der Waals surface area contributed by atoms with E-state index in [4.69, 9.17) is 0 Å². The number of aromatic nitrogens is 2. The predicted octanol–water partition coefficient (Wildman–Crippen LogP) is 15.7. The monoisotopic (exact) mass is 644 g/mol. The molecule has 1 aromatic heterocycles. The van der Waals surface area contributed by atoms with Crippen LogP contribution in [0, 0.1) is 0 Å². The molecule has 0 saturated heterocycles. The third-order valence-electron chi connectivity index (χ3n) is 10.9. The van der Waals surface area contributed by atoms with E-state index in [9.17, 15) is 0 Å². The first-order valence-electron chi connectivity index (χ1n) is 21.8. The van der Waals surface area contributed by atoms with Crippen molar-refractivity contribution in [3.63, 3.8) is 0 Å². The maximum atomic E-state index is 3.69. The Morgan fingerprint density at radius 1 is 0.413 bits per heavy atom. The summed E-state index contributed by atoms with van der Waals surface area (Å²) in [7, 11) is 0. The van der Waals surface area contributed by atoms with Crippen LogP contribution in [0.5, 0.6) is 0 Å². The first-order chi connectivity index (χ1) is 22.7. The lowest BCUT2D eigenvalue weighted by molar-refractivity contribution is -0.727. The Labute approximate surface area is 291 Å². The summed E-state index contributed by atoms with van der Waals surface area (Å²) >= 11 is 0. The molecule has 1 aromatic rings. The van der Waals surface area contributed by atoms with Crippen LogP contribution in [0.3, 0.4) is 0 Å². The number of aromatic amines is 1. The molecule has 0 aliphatic rings. The lowest BCUT2D eigenvalue weighted by atomic mass is 9.94. The van der Waals surface area contributed by atoms with E-state index in [1.54, 1.807) is 0 Å². The molecule has 0 saturated carbocycles. The first-order valence-corrected chi connectivity index (χ1v) is 21.8. The number of hydrogen-bond acceptors (Lipinski definition) is 0. The zero-order chi connectivity index (χ0) is 33.2. The molecule has 272 valence electrons. The molecule has 1 heterocycles. The van der Waals surface area contributed by atoms with Gasteiger partial charge in [0.15, 0.2) is 0 Å². The van der Waals surface area contributed by atoms with Crippen LogP contribution in [0.15, 0.2) is 12.4 Å². The predicted molar refractivity (Wildman–Crippen MR) is 207 cm³/mol. The maximum absolute atomic E-state index is 3.69. The number of unbranched alkanes of at least 4 members (excludes halogenated alkanes) is 29. The lowest BCUT2D eigenvalue weighted by Crippen LogP contribution is -2.41. The van der Waals surface area contributed by atoms with Gasteiger partial charge >= 0.3 is 0 Å². The average Bonchev–Trinajstić information content (AvgIpc) is 3.56. The summed E-state index contributed by atoms with van der Waals surface area (Å²) < 4.78 is 2.61. The van der Waals surface area contributed by atoms with Gasteiger partial charge in [-0.25, -0.2) is 9.55 Å². The minimum Gasteiger partial charge on any atom is -0.247 e. The van der Waals surface area contributed by atoms with Crippen molar-refractivity contribution >= 4 is 0 Å². The van der Waals surface area contributed by atoms with Crippen molar-refractivity contribution in [1.82, 2.24) is 4.98 Å². The summed E-state index contributed by atoms with van der Waals surface area (Å²) in [4.78, 5) is 3.69. The molecule has 0 fully saturated rings. The van der Waals surface area contributed by atoms with E-state index in [1.165, 1.54) is 231 Å². The first kappa shape index (κ1) is 43.2. The number of imidazole rings is 1. The third-order valence-corrected chi connectivity index (χ3v) is 10.9. The molecule has 0 aromatic carbocycles. The Hall–Kier alpha value is -0.790. The van der Waals surface area contributed by atoms with Crippen LogP contribution < -0.4 is 4.57 Å². The van der Waals surface area contributed by atoms with Crippen LogP contribution in [0.25, 0.3) is 0 Å². The molecule has 0 spiro atoms. The van der Waals surface area contributed by atoms with Crippen LogP contribution in [0.1, 0.15) is 270 Å². The smallest absolute Gasteiger partial charge is 0.247 e. The lowest BCUT2D eigenvalue weighted by Gasteiger charge is -2.16. The van der Waals surface area contributed by atoms with Gasteiger partial charge in [0.05, 0.1) is 12.0 Å². The van der Waals surface area contributed by atoms with E-state index in [2.05, 4.69) is 49.6 Å². The van der Waals surface area contributed by atoms with E-state index < -0.39 is 0 Å². The number of nitrogens with one attached hydrogen (secondary N) is 1. The second-order valence-corrected chi connectivity index (χ2v) is 15.4. The SMILES string of the molecule is CCCCCCCCCCCCCCCCCCC(CCC)c1[nH]cc[n+]1C(C)CCCCCCCCCCCCCCCCC. The summed E-state index contributed by atoms with van der Waals surface area (Å²) in [6.07, 6.45) is 54.8. The fourth-order valence-electron chi connectivity index (χ4n) is 7.73. The molecule has 2 heteroatoms. The van der Waals surface area contributed by atoms with Gasteiger partial charge in [0, 0.05) is 0 Å². The highest BCUT2D eigenvalue weighted by Gasteiger charge is 2.24.